The van der Waals surface area contributed by atoms with Crippen LogP contribution in [0.2, 0.25) is 0 Å². The predicted octanol–water partition coefficient (Wildman–Crippen LogP) is 5.89. The number of benzene rings is 3. The summed E-state index contributed by atoms with van der Waals surface area (Å²) in [7, 11) is 0. The van der Waals surface area contributed by atoms with E-state index in [-0.39, 0.29) is 76.2 Å². The second-order valence-electron chi connectivity index (χ2n) is 21.8. The van der Waals surface area contributed by atoms with E-state index in [1.54, 1.807) is 77.1 Å². The first-order valence-electron chi connectivity index (χ1n) is 26.7. The van der Waals surface area contributed by atoms with Crippen LogP contribution in [0.25, 0.3) is 0 Å². The van der Waals surface area contributed by atoms with E-state index in [9.17, 15) is 65.4 Å². The lowest BCUT2D eigenvalue weighted by Gasteiger charge is -2.33. The van der Waals surface area contributed by atoms with E-state index in [1.165, 1.54) is 21.9 Å². The van der Waals surface area contributed by atoms with Gasteiger partial charge in [-0.05, 0) is 101 Å². The number of phenols is 1. The SMILES string of the molecule is CC[C@H](C)[C@H](NC(=O)[C@H](Cc1ccccc1)NC(=O)[C@@H]1CCCN1C(=O)[C@H](CC(C)C)NC(=O)[C@@H]1CCCN1C(=O)[C@H](Cc1ccc(O)cc1)NC(=O)OC(C)(C)C)C(=O)N1CCC[C@H]1C(=O)Oc1c(F)c(F)c(F)c(F)c1F. The van der Waals surface area contributed by atoms with Crippen LogP contribution >= 0.6 is 0 Å². The Bertz CT molecular complexity index is 2700. The monoisotopic (exact) mass is 1110 g/mol. The number of hydrogen-bond acceptors (Lipinski definition) is 11. The van der Waals surface area contributed by atoms with Gasteiger partial charge in [0.25, 0.3) is 0 Å². The van der Waals surface area contributed by atoms with Gasteiger partial charge in [-0.2, -0.15) is 8.78 Å². The fourth-order valence-corrected chi connectivity index (χ4v) is 10.0. The molecule has 3 saturated heterocycles. The predicted molar refractivity (Wildman–Crippen MR) is 276 cm³/mol. The Hall–Kier alpha value is -7.33. The summed E-state index contributed by atoms with van der Waals surface area (Å²) in [6.45, 7) is 12.3. The Morgan fingerprint density at radius 1 is 0.608 bits per heavy atom. The maximum Gasteiger partial charge on any atom is 0.408 e. The van der Waals surface area contributed by atoms with Crippen molar-refractivity contribution >= 4 is 47.5 Å². The van der Waals surface area contributed by atoms with Crippen molar-refractivity contribution in [2.24, 2.45) is 11.8 Å². The van der Waals surface area contributed by atoms with Crippen LogP contribution in [0.15, 0.2) is 54.6 Å². The molecule has 3 aromatic rings. The van der Waals surface area contributed by atoms with Crippen molar-refractivity contribution in [3.63, 3.8) is 0 Å². The van der Waals surface area contributed by atoms with Crippen LogP contribution in [-0.2, 0) is 51.1 Å². The number of ether oxygens (including phenoxy) is 2. The maximum absolute atomic E-state index is 14.7. The number of esters is 1. The lowest BCUT2D eigenvalue weighted by Crippen LogP contribution is -2.60. The quantitative estimate of drug-likeness (QED) is 0.0294. The Kier molecular flexibility index (Phi) is 20.5. The number of nitrogens with zero attached hydrogens (tertiary/aromatic N) is 3. The lowest BCUT2D eigenvalue weighted by molar-refractivity contribution is -0.148. The van der Waals surface area contributed by atoms with Gasteiger partial charge in [0.15, 0.2) is 0 Å². The molecule has 3 heterocycles. The second kappa shape index (κ2) is 26.5. The minimum Gasteiger partial charge on any atom is -0.508 e. The van der Waals surface area contributed by atoms with Gasteiger partial charge in [-0.25, -0.2) is 22.8 Å². The molecule has 8 atom stereocenters. The van der Waals surface area contributed by atoms with Gasteiger partial charge in [-0.3, -0.25) is 28.8 Å². The molecule has 3 aliphatic rings. The summed E-state index contributed by atoms with van der Waals surface area (Å²) in [6.07, 6.45) is 0.826. The molecule has 0 bridgehead atoms. The van der Waals surface area contributed by atoms with E-state index in [2.05, 4.69) is 21.3 Å². The minimum atomic E-state index is -2.46. The second-order valence-corrected chi connectivity index (χ2v) is 21.8. The molecule has 3 fully saturated rings. The number of halogens is 5. The van der Waals surface area contributed by atoms with Crippen molar-refractivity contribution in [2.75, 3.05) is 19.6 Å². The third-order valence-electron chi connectivity index (χ3n) is 14.2. The molecule has 0 aliphatic carbocycles. The van der Waals surface area contributed by atoms with Gasteiger partial charge >= 0.3 is 12.1 Å². The third-order valence-corrected chi connectivity index (χ3v) is 14.2. The van der Waals surface area contributed by atoms with Crippen molar-refractivity contribution in [2.45, 2.75) is 161 Å². The number of carbonyl (C=O) groups excluding carboxylic acids is 8. The van der Waals surface area contributed by atoms with E-state index in [1.807, 2.05) is 13.8 Å². The van der Waals surface area contributed by atoms with Crippen LogP contribution in [0, 0.1) is 40.9 Å². The van der Waals surface area contributed by atoms with E-state index in [0.717, 1.165) is 4.90 Å². The summed E-state index contributed by atoms with van der Waals surface area (Å²) in [5.41, 5.74) is 0.328. The van der Waals surface area contributed by atoms with E-state index in [0.29, 0.717) is 30.4 Å². The normalized spacial score (nSPS) is 19.3. The largest absolute Gasteiger partial charge is 0.508 e. The van der Waals surface area contributed by atoms with Crippen molar-refractivity contribution in [3.8, 4) is 11.5 Å². The summed E-state index contributed by atoms with van der Waals surface area (Å²) in [6, 6.07) is 5.96. The zero-order valence-electron chi connectivity index (χ0n) is 45.3. The molecule has 0 spiro atoms. The molecule has 23 heteroatoms. The Morgan fingerprint density at radius 3 is 1.59 bits per heavy atom. The van der Waals surface area contributed by atoms with E-state index < -0.39 is 136 Å². The molecule has 7 amide bonds. The van der Waals surface area contributed by atoms with Gasteiger partial charge in [0.1, 0.15) is 53.6 Å². The Balaban J connectivity index is 1.18. The number of likely N-dealkylation sites (tertiary alicyclic amines) is 3. The summed E-state index contributed by atoms with van der Waals surface area (Å²) in [4.78, 5) is 117. The average Bonchev–Trinajstić information content (AvgIpc) is 4.29. The molecule has 3 aliphatic heterocycles. The smallest absolute Gasteiger partial charge is 0.408 e. The molecule has 79 heavy (non-hydrogen) atoms. The molecule has 6 rings (SSSR count). The van der Waals surface area contributed by atoms with Gasteiger partial charge in [-0.1, -0.05) is 76.6 Å². The van der Waals surface area contributed by atoms with Crippen LogP contribution in [0.5, 0.6) is 11.5 Å². The standard InChI is InChI=1S/C56H70F5N7O11/c1-8-31(4)46(53(75)68-26-14-19-40(68)54(76)78-47-44(60)42(58)41(57)43(59)45(47)61)65-48(70)35(28-32-15-10-9-11-16-32)62-49(71)38-17-12-24-66(38)51(73)36(27-30(2)3)63-50(72)39-18-13-25-67(39)52(74)37(64-55(77)79-56(5,6)7)29-33-20-22-34(69)23-21-33/h9-11,15-16,20-23,30-31,35-40,46,69H,8,12-14,17-19,24-29H2,1-7H3,(H,62,71)(H,63,72)(H,64,77)(H,65,70)/t31-,35-,36-,37-,38-,39-,40-,46-/m0/s1. The highest BCUT2D eigenvalue weighted by atomic mass is 19.2. The van der Waals surface area contributed by atoms with Gasteiger partial charge in [0.05, 0.1) is 0 Å². The summed E-state index contributed by atoms with van der Waals surface area (Å²) >= 11 is 0. The fraction of sp³-hybridized carbons (Fsp3) is 0.536. The molecular formula is C56H70F5N7O11. The molecule has 5 N–H and O–H groups in total. The lowest BCUT2D eigenvalue weighted by atomic mass is 9.96. The van der Waals surface area contributed by atoms with Gasteiger partial charge in [-0.15, -0.1) is 0 Å². The first kappa shape index (κ1) is 60.9. The van der Waals surface area contributed by atoms with Crippen molar-refractivity contribution in [1.29, 1.82) is 0 Å². The third kappa shape index (κ3) is 15.3. The maximum atomic E-state index is 14.7. The minimum absolute atomic E-state index is 0.00172. The fourth-order valence-electron chi connectivity index (χ4n) is 10.0. The molecule has 0 saturated carbocycles. The first-order chi connectivity index (χ1) is 37.3. The highest BCUT2D eigenvalue weighted by Crippen LogP contribution is 2.32. The topological polar surface area (TPSA) is 233 Å². The molecule has 18 nitrogen and oxygen atoms in total. The number of phenolic OH excluding ortho intramolecular Hbond substituents is 1. The summed E-state index contributed by atoms with van der Waals surface area (Å²) in [5.74, 6) is -20.0. The highest BCUT2D eigenvalue weighted by molar-refractivity contribution is 5.98. The average molecular weight is 1110 g/mol. The zero-order valence-corrected chi connectivity index (χ0v) is 45.3. The van der Waals surface area contributed by atoms with Crippen LogP contribution in [-0.4, -0.2) is 135 Å². The Morgan fingerprint density at radius 2 is 1.08 bits per heavy atom. The number of rotatable bonds is 20. The number of hydrogen-bond donors (Lipinski definition) is 5. The molecule has 430 valence electrons. The van der Waals surface area contributed by atoms with Gasteiger partial charge < -0.3 is 50.5 Å². The summed E-state index contributed by atoms with van der Waals surface area (Å²) in [5, 5.41) is 20.9. The number of alkyl carbamates (subject to hydrolysis) is 1. The van der Waals surface area contributed by atoms with Gasteiger partial charge in [0.2, 0.25) is 70.3 Å². The zero-order chi connectivity index (χ0) is 58.0. The van der Waals surface area contributed by atoms with Crippen molar-refractivity contribution in [1.82, 2.24) is 36.0 Å². The van der Waals surface area contributed by atoms with Crippen LogP contribution in [0.4, 0.5) is 26.7 Å². The highest BCUT2D eigenvalue weighted by Gasteiger charge is 2.45. The number of nitrogens with one attached hydrogen (secondary N) is 4. The number of carbonyl (C=O) groups is 8. The van der Waals surface area contributed by atoms with E-state index >= 15 is 0 Å². The van der Waals surface area contributed by atoms with Crippen LogP contribution in [0.1, 0.15) is 111 Å². The van der Waals surface area contributed by atoms with Gasteiger partial charge in [0, 0.05) is 32.5 Å². The van der Waals surface area contributed by atoms with E-state index in [4.69, 9.17) is 9.47 Å². The first-order valence-corrected chi connectivity index (χ1v) is 26.7. The van der Waals surface area contributed by atoms with Crippen LogP contribution < -0.4 is 26.0 Å². The number of aromatic hydroxyl groups is 1. The van der Waals surface area contributed by atoms with Crippen molar-refractivity contribution in [3.05, 3.63) is 94.8 Å². The molecule has 0 aromatic heterocycles. The molecule has 0 unspecified atom stereocenters. The summed E-state index contributed by atoms with van der Waals surface area (Å²) < 4.78 is 81.0. The molecule has 0 radical (unpaired) electrons. The number of amides is 7. The van der Waals surface area contributed by atoms with Crippen LogP contribution in [0.3, 0.4) is 0 Å². The molecular weight excluding hydrogens is 1040 g/mol. The Labute approximate surface area is 455 Å². The van der Waals surface area contributed by atoms with Crippen molar-refractivity contribution < 1.29 is 74.9 Å². The molecule has 3 aromatic carbocycles.